The van der Waals surface area contributed by atoms with Crippen LogP contribution in [0.25, 0.3) is 17.2 Å². The van der Waals surface area contributed by atoms with Gasteiger partial charge in [-0.15, -0.1) is 0 Å². The minimum absolute atomic E-state index is 0.000184. The average molecular weight is 557 g/mol. The second kappa shape index (κ2) is 10.7. The molecule has 0 spiro atoms. The lowest BCUT2D eigenvalue weighted by molar-refractivity contribution is -0.141. The van der Waals surface area contributed by atoms with E-state index in [0.29, 0.717) is 0 Å². The molecular formula is C20H22BrFN6O7. The van der Waals surface area contributed by atoms with Gasteiger partial charge in [0, 0.05) is 13.5 Å². The minimum atomic E-state index is -0.855. The third-order valence-electron chi connectivity index (χ3n) is 4.19. The van der Waals surface area contributed by atoms with E-state index in [1.807, 2.05) is 0 Å². The maximum absolute atomic E-state index is 13.7. The Morgan fingerprint density at radius 1 is 1.26 bits per heavy atom. The second-order valence-electron chi connectivity index (χ2n) is 8.19. The quantitative estimate of drug-likeness (QED) is 0.392. The second-order valence-corrected chi connectivity index (χ2v) is 9.05. The standard InChI is InChI=1S/C20H22BrFN6O7/c1-10(29)32-9-11(24-18(30)33-20(2,3)4)8-23-16-15(25-35-26-16)17-27-34-19(31)28(17)12-5-6-14(22)13(21)7-12/h5-7,11H,8-9H2,1-4H3,(H,23,26)(H,24,30). The van der Waals surface area contributed by atoms with E-state index in [9.17, 15) is 18.8 Å². The summed E-state index contributed by atoms with van der Waals surface area (Å²) in [5, 5.41) is 16.8. The van der Waals surface area contributed by atoms with E-state index in [-0.39, 0.29) is 40.6 Å². The van der Waals surface area contributed by atoms with Gasteiger partial charge in [-0.1, -0.05) is 5.16 Å². The van der Waals surface area contributed by atoms with Gasteiger partial charge in [0.05, 0.1) is 16.2 Å². The summed E-state index contributed by atoms with van der Waals surface area (Å²) >= 11 is 3.07. The summed E-state index contributed by atoms with van der Waals surface area (Å²) in [4.78, 5) is 35.7. The summed E-state index contributed by atoms with van der Waals surface area (Å²) in [6, 6.07) is 3.14. The number of benzene rings is 1. The zero-order valence-electron chi connectivity index (χ0n) is 19.1. The van der Waals surface area contributed by atoms with Crippen LogP contribution in [0, 0.1) is 5.82 Å². The van der Waals surface area contributed by atoms with Crippen LogP contribution in [0.3, 0.4) is 0 Å². The van der Waals surface area contributed by atoms with E-state index in [4.69, 9.17) is 18.6 Å². The highest BCUT2D eigenvalue weighted by Crippen LogP contribution is 2.26. The first-order chi connectivity index (χ1) is 16.4. The van der Waals surface area contributed by atoms with Gasteiger partial charge in [-0.25, -0.2) is 23.2 Å². The van der Waals surface area contributed by atoms with Gasteiger partial charge in [0.15, 0.2) is 5.69 Å². The lowest BCUT2D eigenvalue weighted by Gasteiger charge is -2.23. The Labute approximate surface area is 206 Å². The molecular weight excluding hydrogens is 535 g/mol. The molecule has 0 bridgehead atoms. The summed E-state index contributed by atoms with van der Waals surface area (Å²) in [5.41, 5.74) is -0.494. The van der Waals surface area contributed by atoms with E-state index < -0.39 is 35.3 Å². The number of aromatic nitrogens is 4. The van der Waals surface area contributed by atoms with Crippen molar-refractivity contribution in [1.82, 2.24) is 25.4 Å². The van der Waals surface area contributed by atoms with E-state index in [0.717, 1.165) is 10.6 Å². The fraction of sp³-hybridized carbons (Fsp3) is 0.400. The molecule has 35 heavy (non-hydrogen) atoms. The van der Waals surface area contributed by atoms with Crippen molar-refractivity contribution in [1.29, 1.82) is 0 Å². The molecule has 1 amide bonds. The Morgan fingerprint density at radius 3 is 2.66 bits per heavy atom. The summed E-state index contributed by atoms with van der Waals surface area (Å²) in [6.45, 7) is 6.18. The van der Waals surface area contributed by atoms with Gasteiger partial charge in [-0.2, -0.15) is 0 Å². The Balaban J connectivity index is 1.82. The maximum Gasteiger partial charge on any atom is 0.446 e. The van der Waals surface area contributed by atoms with Crippen LogP contribution >= 0.6 is 15.9 Å². The Kier molecular flexibility index (Phi) is 7.89. The first kappa shape index (κ1) is 25.9. The number of ether oxygens (including phenoxy) is 2. The monoisotopic (exact) mass is 556 g/mol. The number of hydrogen-bond donors (Lipinski definition) is 2. The fourth-order valence-corrected chi connectivity index (χ4v) is 3.13. The Hall–Kier alpha value is -3.75. The molecule has 2 N–H and O–H groups in total. The number of alkyl carbamates (subject to hydrolysis) is 1. The molecule has 188 valence electrons. The summed E-state index contributed by atoms with van der Waals surface area (Å²) in [5.74, 6) is -1.95. The third kappa shape index (κ3) is 6.88. The SMILES string of the molecule is CC(=O)OCC(CNc1nonc1-c1noc(=O)n1-c1ccc(F)c(Br)c1)NC(=O)OC(C)(C)C. The van der Waals surface area contributed by atoms with E-state index in [2.05, 4.69) is 42.0 Å². The minimum Gasteiger partial charge on any atom is -0.464 e. The van der Waals surface area contributed by atoms with Crippen LogP contribution in [0.1, 0.15) is 27.7 Å². The predicted molar refractivity (Wildman–Crippen MR) is 121 cm³/mol. The van der Waals surface area contributed by atoms with Crippen LogP contribution in [-0.4, -0.2) is 56.9 Å². The highest BCUT2D eigenvalue weighted by molar-refractivity contribution is 9.10. The lowest BCUT2D eigenvalue weighted by Crippen LogP contribution is -2.45. The molecule has 1 atom stereocenters. The molecule has 3 aromatic rings. The summed E-state index contributed by atoms with van der Waals surface area (Å²) < 4.78 is 34.6. The van der Waals surface area contributed by atoms with Crippen molar-refractivity contribution in [3.63, 3.8) is 0 Å². The molecule has 0 aliphatic carbocycles. The van der Waals surface area contributed by atoms with Crippen molar-refractivity contribution in [2.24, 2.45) is 0 Å². The van der Waals surface area contributed by atoms with Gasteiger partial charge in [0.2, 0.25) is 11.6 Å². The van der Waals surface area contributed by atoms with Crippen LogP contribution < -0.4 is 16.4 Å². The largest absolute Gasteiger partial charge is 0.464 e. The fourth-order valence-electron chi connectivity index (χ4n) is 2.77. The van der Waals surface area contributed by atoms with Crippen molar-refractivity contribution >= 4 is 33.8 Å². The number of halogens is 2. The van der Waals surface area contributed by atoms with E-state index in [1.54, 1.807) is 20.8 Å². The summed E-state index contributed by atoms with van der Waals surface area (Å²) in [6.07, 6.45) is -0.720. The van der Waals surface area contributed by atoms with Crippen molar-refractivity contribution in [2.75, 3.05) is 18.5 Å². The number of carbonyl (C=O) groups excluding carboxylic acids is 2. The molecule has 2 heterocycles. The first-order valence-corrected chi connectivity index (χ1v) is 11.0. The number of hydrogen-bond acceptors (Lipinski definition) is 11. The molecule has 0 radical (unpaired) electrons. The van der Waals surface area contributed by atoms with Crippen LogP contribution in [0.15, 0.2) is 36.6 Å². The predicted octanol–water partition coefficient (Wildman–Crippen LogP) is 2.65. The van der Waals surface area contributed by atoms with Crippen molar-refractivity contribution in [3.8, 4) is 17.2 Å². The maximum atomic E-state index is 13.7. The van der Waals surface area contributed by atoms with Crippen molar-refractivity contribution in [2.45, 2.75) is 39.3 Å². The number of carbonyl (C=O) groups is 2. The van der Waals surface area contributed by atoms with Crippen LogP contribution in [0.5, 0.6) is 0 Å². The number of nitrogens with one attached hydrogen (secondary N) is 2. The number of esters is 1. The zero-order chi connectivity index (χ0) is 25.8. The topological polar surface area (TPSA) is 164 Å². The number of anilines is 1. The number of nitrogens with zero attached hydrogens (tertiary/aromatic N) is 4. The van der Waals surface area contributed by atoms with E-state index in [1.165, 1.54) is 19.1 Å². The molecule has 15 heteroatoms. The highest BCUT2D eigenvalue weighted by Gasteiger charge is 2.25. The zero-order valence-corrected chi connectivity index (χ0v) is 20.7. The number of amides is 1. The van der Waals surface area contributed by atoms with Gasteiger partial charge < -0.3 is 20.1 Å². The van der Waals surface area contributed by atoms with Crippen molar-refractivity contribution in [3.05, 3.63) is 39.0 Å². The molecule has 0 fully saturated rings. The Morgan fingerprint density at radius 2 is 2.00 bits per heavy atom. The van der Waals surface area contributed by atoms with E-state index >= 15 is 0 Å². The average Bonchev–Trinajstić information content (AvgIpc) is 3.36. The van der Waals surface area contributed by atoms with Gasteiger partial charge >= 0.3 is 17.8 Å². The highest BCUT2D eigenvalue weighted by atomic mass is 79.9. The molecule has 0 saturated heterocycles. The number of rotatable bonds is 8. The summed E-state index contributed by atoms with van der Waals surface area (Å²) in [7, 11) is 0. The molecule has 0 aliphatic rings. The molecule has 1 unspecified atom stereocenters. The molecule has 2 aromatic heterocycles. The molecule has 0 saturated carbocycles. The smallest absolute Gasteiger partial charge is 0.446 e. The molecule has 3 rings (SSSR count). The van der Waals surface area contributed by atoms with Crippen LogP contribution in [0.2, 0.25) is 0 Å². The van der Waals surface area contributed by atoms with Gasteiger partial charge in [-0.3, -0.25) is 9.32 Å². The van der Waals surface area contributed by atoms with Crippen LogP contribution in [-0.2, 0) is 14.3 Å². The van der Waals surface area contributed by atoms with Gasteiger partial charge in [-0.05, 0) is 65.2 Å². The molecule has 13 nitrogen and oxygen atoms in total. The van der Waals surface area contributed by atoms with Crippen molar-refractivity contribution < 1.29 is 32.6 Å². The molecule has 1 aromatic carbocycles. The lowest BCUT2D eigenvalue weighted by atomic mass is 10.2. The van der Waals surface area contributed by atoms with Gasteiger partial charge in [0.1, 0.15) is 18.0 Å². The Bertz CT molecular complexity index is 1270. The third-order valence-corrected chi connectivity index (χ3v) is 4.80. The first-order valence-electron chi connectivity index (χ1n) is 10.2. The molecule has 0 aliphatic heterocycles. The van der Waals surface area contributed by atoms with Gasteiger partial charge in [0.25, 0.3) is 0 Å². The van der Waals surface area contributed by atoms with Crippen LogP contribution in [0.4, 0.5) is 15.0 Å². The normalized spacial score (nSPS) is 12.2.